The van der Waals surface area contributed by atoms with Crippen molar-refractivity contribution >= 4 is 48.0 Å². The number of likely N-dealkylation sites (N-methyl/N-ethyl adjacent to an activating group) is 1. The lowest BCUT2D eigenvalue weighted by atomic mass is 10.1. The molecule has 0 aromatic heterocycles. The molecule has 0 spiro atoms. The number of hydrogen-bond donors (Lipinski definition) is 5. The molecule has 5 N–H and O–H groups in total. The molecule has 3 aromatic rings. The summed E-state index contributed by atoms with van der Waals surface area (Å²) in [5.41, 5.74) is 0.556. The molecule has 0 aliphatic rings. The highest BCUT2D eigenvalue weighted by Crippen LogP contribution is 2.12. The maximum atomic E-state index is 13.8. The van der Waals surface area contributed by atoms with Gasteiger partial charge in [0.25, 0.3) is 17.7 Å². The van der Waals surface area contributed by atoms with Crippen molar-refractivity contribution in [2.24, 2.45) is 0 Å². The first-order valence-corrected chi connectivity index (χ1v) is 14.8. The fraction of sp³-hybridized carbons (Fsp3) is 0.194. The van der Waals surface area contributed by atoms with Gasteiger partial charge in [-0.2, -0.15) is 0 Å². The third-order valence-corrected chi connectivity index (χ3v) is 6.17. The van der Waals surface area contributed by atoms with Gasteiger partial charge in [-0.15, -0.1) is 0 Å². The molecular weight excluding hydrogens is 598 g/mol. The zero-order valence-electron chi connectivity index (χ0n) is 26.9. The summed E-state index contributed by atoms with van der Waals surface area (Å²) in [6, 6.07) is 25.3. The van der Waals surface area contributed by atoms with Crippen LogP contribution in [0.2, 0.25) is 0 Å². The van der Waals surface area contributed by atoms with Crippen LogP contribution in [0, 0.1) is 0 Å². The fourth-order valence-corrected chi connectivity index (χ4v) is 3.93. The minimum atomic E-state index is -1.09. The lowest BCUT2D eigenvalue weighted by molar-refractivity contribution is -0.125. The van der Waals surface area contributed by atoms with Crippen LogP contribution in [0.3, 0.4) is 0 Å². The quantitative estimate of drug-likeness (QED) is 0.199. The molecular formula is C36H39N5O6. The largest absolute Gasteiger partial charge is 0.444 e. The topological polar surface area (TPSA) is 155 Å². The Labute approximate surface area is 274 Å². The number of ether oxygens (including phenoxy) is 1. The summed E-state index contributed by atoms with van der Waals surface area (Å²) in [5, 5.41) is 12.7. The highest BCUT2D eigenvalue weighted by molar-refractivity contribution is 6.11. The average molecular weight is 638 g/mol. The summed E-state index contributed by atoms with van der Waals surface area (Å²) in [4.78, 5) is 65.5. The SMILES string of the molecule is CNC(=O)/C(=C\c1ccccc1)NC(=O)/C(=C\c1ccccc1)NC(=O)/C(=C\c1ccccc1)NC(=O)[C@H](C)NC(=O)OC(C)(C)C. The number of benzene rings is 3. The van der Waals surface area contributed by atoms with Gasteiger partial charge >= 0.3 is 6.09 Å². The Hall–Kier alpha value is -5.97. The predicted octanol–water partition coefficient (Wildman–Crippen LogP) is 4.12. The van der Waals surface area contributed by atoms with E-state index in [0.717, 1.165) is 0 Å². The second-order valence-corrected chi connectivity index (χ2v) is 11.3. The number of rotatable bonds is 11. The van der Waals surface area contributed by atoms with Crippen molar-refractivity contribution < 1.29 is 28.7 Å². The molecule has 0 fully saturated rings. The van der Waals surface area contributed by atoms with E-state index in [9.17, 15) is 24.0 Å². The van der Waals surface area contributed by atoms with E-state index in [1.165, 1.54) is 32.2 Å². The van der Waals surface area contributed by atoms with Gasteiger partial charge in [-0.1, -0.05) is 91.0 Å². The molecule has 244 valence electrons. The number of carbonyl (C=O) groups excluding carboxylic acids is 5. The highest BCUT2D eigenvalue weighted by Gasteiger charge is 2.25. The first-order chi connectivity index (χ1) is 22.3. The van der Waals surface area contributed by atoms with E-state index in [1.54, 1.807) is 106 Å². The minimum Gasteiger partial charge on any atom is -0.444 e. The third-order valence-electron chi connectivity index (χ3n) is 6.17. The summed E-state index contributed by atoms with van der Waals surface area (Å²) in [5.74, 6) is -2.90. The van der Waals surface area contributed by atoms with Gasteiger partial charge in [0.15, 0.2) is 0 Å². The monoisotopic (exact) mass is 637 g/mol. The first-order valence-electron chi connectivity index (χ1n) is 14.8. The predicted molar refractivity (Wildman–Crippen MR) is 181 cm³/mol. The second kappa shape index (κ2) is 16.9. The Morgan fingerprint density at radius 3 is 1.32 bits per heavy atom. The van der Waals surface area contributed by atoms with Gasteiger partial charge < -0.3 is 31.3 Å². The number of carbonyl (C=O) groups is 5. The molecule has 0 unspecified atom stereocenters. The molecule has 0 heterocycles. The Morgan fingerprint density at radius 2 is 0.957 bits per heavy atom. The number of amides is 5. The van der Waals surface area contributed by atoms with Crippen LogP contribution in [0.4, 0.5) is 4.79 Å². The molecule has 0 aliphatic heterocycles. The molecule has 0 aliphatic carbocycles. The van der Waals surface area contributed by atoms with E-state index >= 15 is 0 Å². The second-order valence-electron chi connectivity index (χ2n) is 11.3. The Bertz CT molecular complexity index is 1660. The van der Waals surface area contributed by atoms with Crippen LogP contribution < -0.4 is 26.6 Å². The van der Waals surface area contributed by atoms with Crippen molar-refractivity contribution in [1.82, 2.24) is 26.6 Å². The molecule has 47 heavy (non-hydrogen) atoms. The van der Waals surface area contributed by atoms with E-state index in [4.69, 9.17) is 4.74 Å². The maximum Gasteiger partial charge on any atom is 0.408 e. The standard InChI is InChI=1S/C36H39N5O6/c1-24(38-35(46)47-36(2,3)4)31(42)39-29(22-26-17-11-7-12-18-26)33(44)41-30(23-27-19-13-8-14-20-27)34(45)40-28(32(43)37-5)21-25-15-9-6-10-16-25/h6-24H,1-5H3,(H,37,43)(H,38,46)(H,39,42)(H,40,45)(H,41,44)/b28-21+,29-22+,30-23+/t24-/m0/s1. The van der Waals surface area contributed by atoms with Gasteiger partial charge in [-0.05, 0) is 62.6 Å². The number of alkyl carbamates (subject to hydrolysis) is 1. The normalized spacial score (nSPS) is 12.7. The van der Waals surface area contributed by atoms with E-state index < -0.39 is 41.4 Å². The average Bonchev–Trinajstić information content (AvgIpc) is 3.03. The summed E-state index contributed by atoms with van der Waals surface area (Å²) < 4.78 is 5.23. The van der Waals surface area contributed by atoms with E-state index in [-0.39, 0.29) is 17.1 Å². The lowest BCUT2D eigenvalue weighted by Gasteiger charge is -2.22. The molecule has 0 bridgehead atoms. The van der Waals surface area contributed by atoms with E-state index in [1.807, 2.05) is 6.07 Å². The third kappa shape index (κ3) is 12.1. The van der Waals surface area contributed by atoms with Crippen molar-refractivity contribution in [3.63, 3.8) is 0 Å². The molecule has 11 heteroatoms. The number of nitrogens with one attached hydrogen (secondary N) is 5. The van der Waals surface area contributed by atoms with Crippen molar-refractivity contribution in [3.05, 3.63) is 125 Å². The van der Waals surface area contributed by atoms with Crippen molar-refractivity contribution in [2.45, 2.75) is 39.3 Å². The highest BCUT2D eigenvalue weighted by atomic mass is 16.6. The van der Waals surface area contributed by atoms with Crippen molar-refractivity contribution in [1.29, 1.82) is 0 Å². The molecule has 0 saturated heterocycles. The minimum absolute atomic E-state index is 0.0627. The van der Waals surface area contributed by atoms with Gasteiger partial charge in [0.2, 0.25) is 5.91 Å². The van der Waals surface area contributed by atoms with Gasteiger partial charge in [-0.25, -0.2) is 4.79 Å². The summed E-state index contributed by atoms with van der Waals surface area (Å²) >= 11 is 0. The smallest absolute Gasteiger partial charge is 0.408 e. The summed E-state index contributed by atoms with van der Waals surface area (Å²) in [6.07, 6.45) is 3.56. The molecule has 5 amide bonds. The Kier molecular flexibility index (Phi) is 12.8. The van der Waals surface area contributed by atoms with E-state index in [0.29, 0.717) is 16.7 Å². The van der Waals surface area contributed by atoms with Crippen LogP contribution in [-0.2, 0) is 23.9 Å². The summed E-state index contributed by atoms with van der Waals surface area (Å²) in [6.45, 7) is 6.50. The van der Waals surface area contributed by atoms with Crippen molar-refractivity contribution in [3.8, 4) is 0 Å². The molecule has 0 saturated carbocycles. The van der Waals surface area contributed by atoms with Crippen LogP contribution in [0.15, 0.2) is 108 Å². The van der Waals surface area contributed by atoms with Gasteiger partial charge in [-0.3, -0.25) is 19.2 Å². The van der Waals surface area contributed by atoms with Gasteiger partial charge in [0, 0.05) is 7.05 Å². The molecule has 11 nitrogen and oxygen atoms in total. The summed E-state index contributed by atoms with van der Waals surface area (Å²) in [7, 11) is 1.43. The Morgan fingerprint density at radius 1 is 0.596 bits per heavy atom. The van der Waals surface area contributed by atoms with E-state index in [2.05, 4.69) is 26.6 Å². The first kappa shape index (κ1) is 35.5. The molecule has 0 radical (unpaired) electrons. The molecule has 1 atom stereocenters. The van der Waals surface area contributed by atoms with Crippen LogP contribution in [0.5, 0.6) is 0 Å². The van der Waals surface area contributed by atoms with Crippen LogP contribution >= 0.6 is 0 Å². The van der Waals surface area contributed by atoms with Crippen LogP contribution in [0.25, 0.3) is 18.2 Å². The zero-order chi connectivity index (χ0) is 34.4. The van der Waals surface area contributed by atoms with Gasteiger partial charge in [0.05, 0.1) is 0 Å². The number of hydrogen-bond acceptors (Lipinski definition) is 6. The van der Waals surface area contributed by atoms with Crippen LogP contribution in [-0.4, -0.2) is 48.4 Å². The Balaban J connectivity index is 1.94. The van der Waals surface area contributed by atoms with Crippen LogP contribution in [0.1, 0.15) is 44.4 Å². The molecule has 3 aromatic carbocycles. The maximum absolute atomic E-state index is 13.8. The zero-order valence-corrected chi connectivity index (χ0v) is 26.9. The van der Waals surface area contributed by atoms with Gasteiger partial charge in [0.1, 0.15) is 28.7 Å². The molecule has 3 rings (SSSR count). The van der Waals surface area contributed by atoms with Crippen molar-refractivity contribution in [2.75, 3.05) is 7.05 Å². The fourth-order valence-electron chi connectivity index (χ4n) is 3.93. The lowest BCUT2D eigenvalue weighted by Crippen LogP contribution is -2.48.